The number of sulfonamides is 1. The monoisotopic (exact) mass is 348 g/mol. The molecule has 2 rings (SSSR count). The number of hydrogen-bond acceptors (Lipinski definition) is 4. The van der Waals surface area contributed by atoms with E-state index in [9.17, 15) is 13.2 Å². The topological polar surface area (TPSA) is 89.7 Å². The van der Waals surface area contributed by atoms with Gasteiger partial charge in [0.2, 0.25) is 5.91 Å². The van der Waals surface area contributed by atoms with Crippen molar-refractivity contribution in [2.24, 2.45) is 5.73 Å². The maximum Gasteiger partial charge on any atom is 0.264 e. The first-order valence-electron chi connectivity index (χ1n) is 7.54. The molecule has 0 saturated carbocycles. The summed E-state index contributed by atoms with van der Waals surface area (Å²) in [6, 6.07) is 14.8. The van der Waals surface area contributed by atoms with Crippen molar-refractivity contribution in [3.8, 4) is 5.75 Å². The van der Waals surface area contributed by atoms with Gasteiger partial charge in [-0.15, -0.1) is 0 Å². The van der Waals surface area contributed by atoms with Crippen LogP contribution in [0, 0.1) is 0 Å². The average molecular weight is 348 g/mol. The van der Waals surface area contributed by atoms with Gasteiger partial charge in [-0.05, 0) is 43.3 Å². The first kappa shape index (κ1) is 17.8. The number of nitrogens with zero attached hydrogens (tertiary/aromatic N) is 1. The van der Waals surface area contributed by atoms with Crippen molar-refractivity contribution in [1.29, 1.82) is 0 Å². The van der Waals surface area contributed by atoms with Crippen molar-refractivity contribution < 1.29 is 17.9 Å². The molecule has 0 fully saturated rings. The summed E-state index contributed by atoms with van der Waals surface area (Å²) in [7, 11) is -3.81. The Morgan fingerprint density at radius 2 is 1.71 bits per heavy atom. The fourth-order valence-electron chi connectivity index (χ4n) is 2.20. The number of nitrogens with two attached hydrogens (primary N) is 1. The van der Waals surface area contributed by atoms with Gasteiger partial charge in [0.15, 0.2) is 0 Å². The molecule has 0 radical (unpaired) electrons. The van der Waals surface area contributed by atoms with E-state index in [1.54, 1.807) is 42.5 Å². The number of benzene rings is 2. The molecule has 1 amide bonds. The summed E-state index contributed by atoms with van der Waals surface area (Å²) < 4.78 is 32.4. The maximum atomic E-state index is 12.9. The zero-order valence-corrected chi connectivity index (χ0v) is 14.2. The number of carbonyl (C=O) groups excluding carboxylic acids is 1. The Hall–Kier alpha value is -2.54. The van der Waals surface area contributed by atoms with Crippen molar-refractivity contribution in [3.63, 3.8) is 0 Å². The molecular formula is C17H20N2O4S. The van der Waals surface area contributed by atoms with Gasteiger partial charge in [-0.1, -0.05) is 18.2 Å². The molecule has 6 nitrogen and oxygen atoms in total. The van der Waals surface area contributed by atoms with Crippen molar-refractivity contribution in [2.45, 2.75) is 18.2 Å². The van der Waals surface area contributed by atoms with Crippen LogP contribution in [0.25, 0.3) is 0 Å². The Bertz CT molecular complexity index is 774. The summed E-state index contributed by atoms with van der Waals surface area (Å²) in [5, 5.41) is 0. The molecule has 0 atom stereocenters. The second-order valence-electron chi connectivity index (χ2n) is 5.03. The van der Waals surface area contributed by atoms with Gasteiger partial charge >= 0.3 is 0 Å². The van der Waals surface area contributed by atoms with E-state index < -0.39 is 15.9 Å². The zero-order valence-electron chi connectivity index (χ0n) is 13.4. The van der Waals surface area contributed by atoms with E-state index in [1.807, 2.05) is 6.92 Å². The minimum absolute atomic E-state index is 0.0190. The van der Waals surface area contributed by atoms with Gasteiger partial charge in [0, 0.05) is 13.0 Å². The highest BCUT2D eigenvalue weighted by atomic mass is 32.2. The molecule has 0 heterocycles. The average Bonchev–Trinajstić information content (AvgIpc) is 2.56. The van der Waals surface area contributed by atoms with Crippen LogP contribution in [-0.2, 0) is 14.8 Å². The van der Waals surface area contributed by atoms with E-state index in [1.165, 1.54) is 16.4 Å². The van der Waals surface area contributed by atoms with Gasteiger partial charge in [0.1, 0.15) is 5.75 Å². The van der Waals surface area contributed by atoms with Crippen LogP contribution in [0.3, 0.4) is 0 Å². The van der Waals surface area contributed by atoms with E-state index in [0.29, 0.717) is 18.0 Å². The normalized spacial score (nSPS) is 11.0. The summed E-state index contributed by atoms with van der Waals surface area (Å²) in [5.74, 6) is 0.0395. The molecule has 0 aliphatic rings. The predicted molar refractivity (Wildman–Crippen MR) is 92.4 cm³/mol. The Balaban J connectivity index is 2.37. The number of para-hydroxylation sites is 1. The van der Waals surface area contributed by atoms with Crippen molar-refractivity contribution in [3.05, 3.63) is 54.6 Å². The zero-order chi connectivity index (χ0) is 17.6. The van der Waals surface area contributed by atoms with Crippen LogP contribution in [0.1, 0.15) is 13.3 Å². The SMILES string of the molecule is CCOc1ccc(S(=O)(=O)N(CCC(N)=O)c2ccccc2)cc1. The molecule has 7 heteroatoms. The Morgan fingerprint density at radius 3 is 2.25 bits per heavy atom. The highest BCUT2D eigenvalue weighted by molar-refractivity contribution is 7.92. The van der Waals surface area contributed by atoms with Crippen LogP contribution >= 0.6 is 0 Å². The third kappa shape index (κ3) is 4.26. The predicted octanol–water partition coefficient (Wildman–Crippen LogP) is 2.16. The molecular weight excluding hydrogens is 328 g/mol. The van der Waals surface area contributed by atoms with Crippen molar-refractivity contribution in [1.82, 2.24) is 0 Å². The molecule has 0 unspecified atom stereocenters. The van der Waals surface area contributed by atoms with Crippen molar-refractivity contribution in [2.75, 3.05) is 17.5 Å². The molecule has 0 saturated heterocycles. The number of carbonyl (C=O) groups is 1. The molecule has 0 aliphatic heterocycles. The van der Waals surface area contributed by atoms with Gasteiger partial charge in [-0.25, -0.2) is 8.42 Å². The molecule has 2 aromatic rings. The minimum atomic E-state index is -3.81. The first-order chi connectivity index (χ1) is 11.4. The molecule has 0 spiro atoms. The largest absolute Gasteiger partial charge is 0.494 e. The smallest absolute Gasteiger partial charge is 0.264 e. The number of amides is 1. The fourth-order valence-corrected chi connectivity index (χ4v) is 3.66. The molecule has 0 bridgehead atoms. The summed E-state index contributed by atoms with van der Waals surface area (Å²) >= 11 is 0. The van der Waals surface area contributed by atoms with E-state index in [-0.39, 0.29) is 17.9 Å². The Kier molecular flexibility index (Phi) is 5.81. The summed E-state index contributed by atoms with van der Waals surface area (Å²) in [6.07, 6.45) is -0.0643. The first-order valence-corrected chi connectivity index (χ1v) is 8.98. The van der Waals surface area contributed by atoms with Crippen LogP contribution in [0.4, 0.5) is 5.69 Å². The lowest BCUT2D eigenvalue weighted by Gasteiger charge is -2.24. The molecule has 0 aliphatic carbocycles. The van der Waals surface area contributed by atoms with Gasteiger partial charge in [-0.3, -0.25) is 9.10 Å². The van der Waals surface area contributed by atoms with Crippen LogP contribution < -0.4 is 14.8 Å². The number of ether oxygens (including phenoxy) is 1. The molecule has 0 aromatic heterocycles. The van der Waals surface area contributed by atoms with E-state index in [2.05, 4.69) is 0 Å². The number of hydrogen-bond donors (Lipinski definition) is 1. The number of primary amides is 1. The van der Waals surface area contributed by atoms with E-state index in [4.69, 9.17) is 10.5 Å². The molecule has 2 aromatic carbocycles. The van der Waals surface area contributed by atoms with Crippen LogP contribution in [-0.4, -0.2) is 27.5 Å². The quantitative estimate of drug-likeness (QED) is 0.791. The fraction of sp³-hybridized carbons (Fsp3) is 0.235. The van der Waals surface area contributed by atoms with Crippen molar-refractivity contribution >= 4 is 21.6 Å². The molecule has 128 valence electrons. The van der Waals surface area contributed by atoms with Crippen LogP contribution in [0.2, 0.25) is 0 Å². The lowest BCUT2D eigenvalue weighted by molar-refractivity contribution is -0.117. The summed E-state index contributed by atoms with van der Waals surface area (Å²) in [5.41, 5.74) is 5.66. The number of anilines is 1. The Morgan fingerprint density at radius 1 is 1.08 bits per heavy atom. The lowest BCUT2D eigenvalue weighted by atomic mass is 10.3. The second kappa shape index (κ2) is 7.83. The lowest BCUT2D eigenvalue weighted by Crippen LogP contribution is -2.34. The third-order valence-electron chi connectivity index (χ3n) is 3.33. The highest BCUT2D eigenvalue weighted by Gasteiger charge is 2.25. The van der Waals surface area contributed by atoms with Crippen LogP contribution in [0.15, 0.2) is 59.5 Å². The van der Waals surface area contributed by atoms with E-state index in [0.717, 1.165) is 0 Å². The summed E-state index contributed by atoms with van der Waals surface area (Å²) in [6.45, 7) is 2.33. The highest BCUT2D eigenvalue weighted by Crippen LogP contribution is 2.25. The van der Waals surface area contributed by atoms with Gasteiger partial charge in [0.25, 0.3) is 10.0 Å². The van der Waals surface area contributed by atoms with Crippen LogP contribution in [0.5, 0.6) is 5.75 Å². The standard InChI is InChI=1S/C17H20N2O4S/c1-2-23-15-8-10-16(11-9-15)24(21,22)19(13-12-17(18)20)14-6-4-3-5-7-14/h3-11H,2,12-13H2,1H3,(H2,18,20). The Labute approximate surface area is 141 Å². The maximum absolute atomic E-state index is 12.9. The third-order valence-corrected chi connectivity index (χ3v) is 5.17. The minimum Gasteiger partial charge on any atom is -0.494 e. The number of rotatable bonds is 8. The van der Waals surface area contributed by atoms with Gasteiger partial charge in [0.05, 0.1) is 17.2 Å². The second-order valence-corrected chi connectivity index (χ2v) is 6.90. The van der Waals surface area contributed by atoms with Gasteiger partial charge in [-0.2, -0.15) is 0 Å². The molecule has 24 heavy (non-hydrogen) atoms. The summed E-state index contributed by atoms with van der Waals surface area (Å²) in [4.78, 5) is 11.2. The van der Waals surface area contributed by atoms with Gasteiger partial charge < -0.3 is 10.5 Å². The molecule has 2 N–H and O–H groups in total. The van der Waals surface area contributed by atoms with E-state index >= 15 is 0 Å².